The molecule has 6 rings (SSSR count). The number of hydrogen-bond acceptors (Lipinski definition) is 6. The maximum atomic E-state index is 14.5. The molecule has 2 fully saturated rings. The summed E-state index contributed by atoms with van der Waals surface area (Å²) in [6, 6.07) is 6.39. The average Bonchev–Trinajstić information content (AvgIpc) is 3.13. The van der Waals surface area contributed by atoms with E-state index in [1.165, 1.54) is 0 Å². The second kappa shape index (κ2) is 7.60. The van der Waals surface area contributed by atoms with Gasteiger partial charge in [0, 0.05) is 16.5 Å². The molecule has 0 aliphatic heterocycles. The monoisotopic (exact) mass is 509 g/mol. The number of halogens is 1. The Balaban J connectivity index is 1.52. The number of nitrogens with zero attached hydrogens (tertiary/aromatic N) is 3. The number of carbonyl (C=O) groups is 1. The number of carbonyl (C=O) groups excluding carboxylic acids is 1. The number of allylic oxidation sites excluding steroid dienone is 1. The predicted molar refractivity (Wildman–Crippen MR) is 135 cm³/mol. The number of aromatic nitrogens is 3. The van der Waals surface area contributed by atoms with Crippen LogP contribution >= 0.6 is 11.6 Å². The molecule has 0 saturated heterocycles. The molecule has 1 heterocycles. The maximum absolute atomic E-state index is 14.5. The van der Waals surface area contributed by atoms with Gasteiger partial charge in [0.1, 0.15) is 23.4 Å². The van der Waals surface area contributed by atoms with Gasteiger partial charge in [0.15, 0.2) is 5.78 Å². The van der Waals surface area contributed by atoms with E-state index in [1.54, 1.807) is 29.1 Å². The number of hydrogen-bond donors (Lipinski definition) is 3. The highest BCUT2D eigenvalue weighted by atomic mass is 35.5. The highest BCUT2D eigenvalue weighted by Crippen LogP contribution is 2.72. The number of aliphatic hydroxyl groups is 3. The largest absolute Gasteiger partial charge is 0.392 e. The molecule has 190 valence electrons. The van der Waals surface area contributed by atoms with Gasteiger partial charge in [-0.3, -0.25) is 4.79 Å². The first-order valence-corrected chi connectivity index (χ1v) is 13.0. The van der Waals surface area contributed by atoms with E-state index in [-0.39, 0.29) is 23.0 Å². The number of aliphatic hydroxyl groups excluding tert-OH is 2. The lowest BCUT2D eigenvalue weighted by Crippen LogP contribution is -2.63. The Morgan fingerprint density at radius 3 is 2.58 bits per heavy atom. The van der Waals surface area contributed by atoms with E-state index in [0.29, 0.717) is 22.2 Å². The molecule has 1 aromatic carbocycles. The van der Waals surface area contributed by atoms with Crippen LogP contribution in [-0.4, -0.2) is 54.4 Å². The zero-order valence-electron chi connectivity index (χ0n) is 20.9. The van der Waals surface area contributed by atoms with Crippen molar-refractivity contribution in [1.82, 2.24) is 15.0 Å². The van der Waals surface area contributed by atoms with E-state index in [4.69, 9.17) is 11.6 Å². The van der Waals surface area contributed by atoms with Crippen molar-refractivity contribution in [2.45, 2.75) is 51.9 Å². The second-order valence-electron chi connectivity index (χ2n) is 11.9. The van der Waals surface area contributed by atoms with Crippen molar-refractivity contribution in [2.75, 3.05) is 6.61 Å². The molecular formula is C28H32ClN3O4. The summed E-state index contributed by atoms with van der Waals surface area (Å²) < 4.78 is 1.55. The van der Waals surface area contributed by atoms with Crippen molar-refractivity contribution >= 4 is 17.4 Å². The minimum Gasteiger partial charge on any atom is -0.392 e. The van der Waals surface area contributed by atoms with Crippen LogP contribution in [0.3, 0.4) is 0 Å². The molecular weight excluding hydrogens is 478 g/mol. The van der Waals surface area contributed by atoms with Crippen molar-refractivity contribution in [3.05, 3.63) is 58.8 Å². The van der Waals surface area contributed by atoms with Crippen molar-refractivity contribution < 1.29 is 20.1 Å². The van der Waals surface area contributed by atoms with Gasteiger partial charge in [0.2, 0.25) is 0 Å². The fourth-order valence-electron chi connectivity index (χ4n) is 8.00. The van der Waals surface area contributed by atoms with E-state index in [2.05, 4.69) is 24.2 Å². The van der Waals surface area contributed by atoms with Gasteiger partial charge in [-0.15, -0.1) is 5.10 Å². The second-order valence-corrected chi connectivity index (χ2v) is 12.3. The number of ketones is 1. The molecule has 1 spiro atoms. The van der Waals surface area contributed by atoms with Crippen LogP contribution in [0.15, 0.2) is 53.8 Å². The Labute approximate surface area is 215 Å². The summed E-state index contributed by atoms with van der Waals surface area (Å²) in [6.45, 7) is 7.82. The molecule has 4 aliphatic carbocycles. The van der Waals surface area contributed by atoms with Crippen LogP contribution in [0.2, 0.25) is 5.02 Å². The van der Waals surface area contributed by atoms with E-state index in [0.717, 1.165) is 17.6 Å². The van der Waals surface area contributed by atoms with Crippen LogP contribution in [0.25, 0.3) is 11.3 Å². The fraction of sp³-hybridized carbons (Fsp3) is 0.536. The summed E-state index contributed by atoms with van der Waals surface area (Å²) >= 11 is 6.03. The third kappa shape index (κ3) is 2.83. The lowest BCUT2D eigenvalue weighted by Gasteiger charge is -2.49. The molecule has 0 radical (unpaired) electrons. The SMILES string of the molecule is CC1=C[C@]23C(=O)[C@@H](C=C(CO)[C@@H](O)[C@]2(O)[C@H]1n1cc(-c2ccc(Cl)cc2)nn1)[C@H]1[C@@H](C[C@H]3C)C1(C)C. The van der Waals surface area contributed by atoms with Crippen LogP contribution in [0.1, 0.15) is 40.2 Å². The van der Waals surface area contributed by atoms with Crippen molar-refractivity contribution in [1.29, 1.82) is 0 Å². The number of rotatable bonds is 3. The summed E-state index contributed by atoms with van der Waals surface area (Å²) in [4.78, 5) is 14.5. The molecule has 2 bridgehead atoms. The lowest BCUT2D eigenvalue weighted by atomic mass is 9.58. The van der Waals surface area contributed by atoms with Crippen LogP contribution in [0, 0.1) is 34.5 Å². The van der Waals surface area contributed by atoms with Crippen molar-refractivity contribution in [3.63, 3.8) is 0 Å². The van der Waals surface area contributed by atoms with Crippen molar-refractivity contribution in [3.8, 4) is 11.3 Å². The molecule has 2 aromatic rings. The summed E-state index contributed by atoms with van der Waals surface area (Å²) in [5, 5.41) is 44.0. The maximum Gasteiger partial charge on any atom is 0.153 e. The average molecular weight is 510 g/mol. The normalized spacial score (nSPS) is 40.5. The van der Waals surface area contributed by atoms with Crippen LogP contribution in [-0.2, 0) is 4.79 Å². The molecule has 8 heteroatoms. The van der Waals surface area contributed by atoms with Gasteiger partial charge in [-0.2, -0.15) is 0 Å². The van der Waals surface area contributed by atoms with Gasteiger partial charge in [-0.25, -0.2) is 4.68 Å². The molecule has 4 aliphatic rings. The minimum atomic E-state index is -1.93. The van der Waals surface area contributed by atoms with Gasteiger partial charge < -0.3 is 15.3 Å². The summed E-state index contributed by atoms with van der Waals surface area (Å²) in [5.41, 5.74) is -0.803. The third-order valence-corrected chi connectivity index (χ3v) is 10.1. The highest BCUT2D eigenvalue weighted by molar-refractivity contribution is 6.30. The Morgan fingerprint density at radius 1 is 1.22 bits per heavy atom. The smallest absolute Gasteiger partial charge is 0.153 e. The number of benzene rings is 1. The van der Waals surface area contributed by atoms with Crippen LogP contribution in [0.4, 0.5) is 0 Å². The molecule has 8 atom stereocenters. The summed E-state index contributed by atoms with van der Waals surface area (Å²) in [7, 11) is 0. The van der Waals surface area contributed by atoms with E-state index in [9.17, 15) is 20.1 Å². The first-order chi connectivity index (χ1) is 17.0. The molecule has 1 aromatic heterocycles. The molecule has 7 nitrogen and oxygen atoms in total. The molecule has 0 amide bonds. The standard InChI is InChI=1S/C28H32ClN3O4/c1-14-11-27-15(2)9-20-22(26(20,3)4)19(25(27)35)10-17(13-33)24(34)28(27,36)23(14)32-12-21(30-31-32)16-5-7-18(29)8-6-16/h5-8,10-12,15,19-20,22-24,33-34,36H,9,13H2,1-4H3/t15-,19+,20-,22+,23+,24-,27+,28-/m1/s1. The third-order valence-electron chi connectivity index (χ3n) is 9.85. The Kier molecular flexibility index (Phi) is 5.08. The Bertz CT molecular complexity index is 1310. The van der Waals surface area contributed by atoms with Crippen LogP contribution in [0.5, 0.6) is 0 Å². The first kappa shape index (κ1) is 24.0. The lowest BCUT2D eigenvalue weighted by molar-refractivity contribution is -0.175. The number of fused-ring (bicyclic) bond motifs is 3. The molecule has 3 N–H and O–H groups in total. The molecule has 36 heavy (non-hydrogen) atoms. The van der Waals surface area contributed by atoms with Gasteiger partial charge in [-0.1, -0.05) is 61.9 Å². The summed E-state index contributed by atoms with van der Waals surface area (Å²) in [5.74, 6) is -0.290. The quantitative estimate of drug-likeness (QED) is 0.545. The van der Waals surface area contributed by atoms with Gasteiger partial charge in [-0.05, 0) is 59.8 Å². The molecule has 0 unspecified atom stereocenters. The highest BCUT2D eigenvalue weighted by Gasteiger charge is 2.76. The minimum absolute atomic E-state index is 0.00315. The Morgan fingerprint density at radius 2 is 1.92 bits per heavy atom. The zero-order valence-corrected chi connectivity index (χ0v) is 21.6. The fourth-order valence-corrected chi connectivity index (χ4v) is 8.12. The van der Waals surface area contributed by atoms with E-state index in [1.807, 2.05) is 32.1 Å². The van der Waals surface area contributed by atoms with E-state index >= 15 is 0 Å². The summed E-state index contributed by atoms with van der Waals surface area (Å²) in [6.07, 6.45) is 4.69. The molecule has 2 saturated carbocycles. The predicted octanol–water partition coefficient (Wildman–Crippen LogP) is 3.61. The zero-order chi connectivity index (χ0) is 25.8. The topological polar surface area (TPSA) is 108 Å². The van der Waals surface area contributed by atoms with Crippen LogP contribution < -0.4 is 0 Å². The van der Waals surface area contributed by atoms with Gasteiger partial charge in [0.25, 0.3) is 0 Å². The van der Waals surface area contributed by atoms with E-state index < -0.39 is 35.7 Å². The van der Waals surface area contributed by atoms with Crippen molar-refractivity contribution in [2.24, 2.45) is 34.5 Å². The Hall–Kier alpha value is -2.32. The van der Waals surface area contributed by atoms with Gasteiger partial charge in [0.05, 0.1) is 18.2 Å². The first-order valence-electron chi connectivity index (χ1n) is 12.6. The van der Waals surface area contributed by atoms with Gasteiger partial charge >= 0.3 is 0 Å². The number of Topliss-reactive ketones (excluding diaryl/α,β-unsaturated/α-hetero) is 1.